The van der Waals surface area contributed by atoms with Crippen LogP contribution in [-0.2, 0) is 19.7 Å². The predicted molar refractivity (Wildman–Crippen MR) is 93.6 cm³/mol. The van der Waals surface area contributed by atoms with Crippen LogP contribution in [0.1, 0.15) is 25.0 Å². The van der Waals surface area contributed by atoms with Gasteiger partial charge < -0.3 is 4.74 Å². The number of rotatable bonds is 2. The molecule has 3 fully saturated rings. The van der Waals surface area contributed by atoms with Crippen molar-refractivity contribution in [2.45, 2.75) is 31.0 Å². The van der Waals surface area contributed by atoms with Crippen molar-refractivity contribution in [3.63, 3.8) is 0 Å². The number of ketones is 2. The van der Waals surface area contributed by atoms with Gasteiger partial charge >= 0.3 is 0 Å². The molecule has 25 heavy (non-hydrogen) atoms. The number of Topliss-reactive ketones (excluding diaryl/α,β-unsaturated/α-hetero) is 2. The molecule has 3 aliphatic rings. The standard InChI is InChI=1S/C21H17ClO3/c1-19-15(16(23)20(2)18(25-20)17(19)24)21(19,12-6-4-3-5-7-12)13-8-10-14(22)11-9-13/h3-11,15,18H,1-2H3/t15-,18?,19+,20?,21+/m1/s1. The molecule has 126 valence electrons. The Bertz CT molecular complexity index is 920. The molecule has 5 atom stereocenters. The third-order valence-electron chi connectivity index (χ3n) is 6.58. The van der Waals surface area contributed by atoms with Gasteiger partial charge in [-0.1, -0.05) is 61.0 Å². The van der Waals surface area contributed by atoms with E-state index in [1.807, 2.05) is 61.5 Å². The first-order chi connectivity index (χ1) is 11.9. The van der Waals surface area contributed by atoms with E-state index in [0.29, 0.717) is 5.02 Å². The molecular formula is C21H17ClO3. The molecule has 0 bridgehead atoms. The van der Waals surface area contributed by atoms with Crippen molar-refractivity contribution in [1.29, 1.82) is 0 Å². The lowest BCUT2D eigenvalue weighted by Crippen LogP contribution is -2.39. The summed E-state index contributed by atoms with van der Waals surface area (Å²) < 4.78 is 5.52. The quantitative estimate of drug-likeness (QED) is 0.776. The van der Waals surface area contributed by atoms with E-state index >= 15 is 0 Å². The van der Waals surface area contributed by atoms with Gasteiger partial charge in [-0.25, -0.2) is 0 Å². The van der Waals surface area contributed by atoms with E-state index in [4.69, 9.17) is 16.3 Å². The number of carbonyl (C=O) groups excluding carboxylic acids is 2. The molecule has 2 aromatic carbocycles. The van der Waals surface area contributed by atoms with Crippen LogP contribution < -0.4 is 0 Å². The summed E-state index contributed by atoms with van der Waals surface area (Å²) in [5.74, 6) is -0.323. The van der Waals surface area contributed by atoms with Gasteiger partial charge in [-0.05, 0) is 30.2 Å². The van der Waals surface area contributed by atoms with Gasteiger partial charge in [0.2, 0.25) is 0 Å². The smallest absolute Gasteiger partial charge is 0.172 e. The van der Waals surface area contributed by atoms with Crippen LogP contribution in [0.2, 0.25) is 5.02 Å². The third kappa shape index (κ3) is 1.53. The highest BCUT2D eigenvalue weighted by molar-refractivity contribution is 6.30. The Labute approximate surface area is 150 Å². The second-order valence-electron chi connectivity index (χ2n) is 7.65. The van der Waals surface area contributed by atoms with Crippen LogP contribution >= 0.6 is 11.6 Å². The molecule has 2 aromatic rings. The highest BCUT2D eigenvalue weighted by Gasteiger charge is 2.90. The molecule has 0 radical (unpaired) electrons. The summed E-state index contributed by atoms with van der Waals surface area (Å²) in [6, 6.07) is 17.4. The van der Waals surface area contributed by atoms with E-state index in [1.54, 1.807) is 6.92 Å². The van der Waals surface area contributed by atoms with Crippen LogP contribution in [0.5, 0.6) is 0 Å². The van der Waals surface area contributed by atoms with Crippen LogP contribution in [0.3, 0.4) is 0 Å². The average Bonchev–Trinajstić information content (AvgIpc) is 3.47. The van der Waals surface area contributed by atoms with Gasteiger partial charge in [0, 0.05) is 16.4 Å². The molecule has 0 aromatic heterocycles. The number of ether oxygens (including phenoxy) is 1. The van der Waals surface area contributed by atoms with Crippen molar-refractivity contribution in [2.24, 2.45) is 11.3 Å². The molecular weight excluding hydrogens is 336 g/mol. The van der Waals surface area contributed by atoms with Crippen LogP contribution in [0, 0.1) is 11.3 Å². The van der Waals surface area contributed by atoms with E-state index < -0.39 is 28.5 Å². The van der Waals surface area contributed by atoms with E-state index in [-0.39, 0.29) is 11.6 Å². The highest BCUT2D eigenvalue weighted by atomic mass is 35.5. The molecule has 1 heterocycles. The van der Waals surface area contributed by atoms with Crippen molar-refractivity contribution in [1.82, 2.24) is 0 Å². The summed E-state index contributed by atoms with van der Waals surface area (Å²) in [7, 11) is 0. The molecule has 0 spiro atoms. The molecule has 0 amide bonds. The van der Waals surface area contributed by atoms with Gasteiger partial charge in [-0.2, -0.15) is 0 Å². The summed E-state index contributed by atoms with van der Waals surface area (Å²) in [5.41, 5.74) is -0.407. The number of hydrogen-bond acceptors (Lipinski definition) is 3. The summed E-state index contributed by atoms with van der Waals surface area (Å²) >= 11 is 6.07. The molecule has 3 nitrogen and oxygen atoms in total. The Kier molecular flexibility index (Phi) is 2.70. The van der Waals surface area contributed by atoms with Gasteiger partial charge in [-0.3, -0.25) is 9.59 Å². The average molecular weight is 353 g/mol. The third-order valence-corrected chi connectivity index (χ3v) is 6.83. The normalized spacial score (nSPS) is 41.1. The number of fused-ring (bicyclic) bond motifs is 2. The zero-order valence-electron chi connectivity index (χ0n) is 14.0. The fraction of sp³-hybridized carbons (Fsp3) is 0.333. The Hall–Kier alpha value is -1.97. The van der Waals surface area contributed by atoms with Crippen molar-refractivity contribution in [2.75, 3.05) is 0 Å². The van der Waals surface area contributed by atoms with Crippen molar-refractivity contribution < 1.29 is 14.3 Å². The highest BCUT2D eigenvalue weighted by Crippen LogP contribution is 2.78. The van der Waals surface area contributed by atoms with E-state index in [0.717, 1.165) is 11.1 Å². The van der Waals surface area contributed by atoms with Gasteiger partial charge in [0.15, 0.2) is 23.3 Å². The lowest BCUT2D eigenvalue weighted by Gasteiger charge is -2.23. The van der Waals surface area contributed by atoms with E-state index in [2.05, 4.69) is 0 Å². The number of epoxide rings is 1. The minimum Gasteiger partial charge on any atom is -0.350 e. The molecule has 0 N–H and O–H groups in total. The fourth-order valence-corrected chi connectivity index (χ4v) is 5.31. The van der Waals surface area contributed by atoms with Crippen LogP contribution in [0.4, 0.5) is 0 Å². The van der Waals surface area contributed by atoms with Crippen molar-refractivity contribution in [3.05, 3.63) is 70.7 Å². The summed E-state index contributed by atoms with van der Waals surface area (Å²) in [6.07, 6.45) is -0.598. The van der Waals surface area contributed by atoms with Crippen LogP contribution in [-0.4, -0.2) is 23.3 Å². The predicted octanol–water partition coefficient (Wildman–Crippen LogP) is 3.57. The lowest BCUT2D eigenvalue weighted by atomic mass is 9.78. The lowest BCUT2D eigenvalue weighted by molar-refractivity contribution is -0.132. The first-order valence-corrected chi connectivity index (χ1v) is 8.84. The minimum atomic E-state index is -0.940. The Morgan fingerprint density at radius 3 is 2.12 bits per heavy atom. The number of benzene rings is 2. The summed E-state index contributed by atoms with van der Waals surface area (Å²) in [4.78, 5) is 26.4. The molecule has 1 aliphatic heterocycles. The summed E-state index contributed by atoms with van der Waals surface area (Å²) in [5, 5.41) is 0.636. The van der Waals surface area contributed by atoms with Crippen LogP contribution in [0.25, 0.3) is 0 Å². The molecule has 1 saturated heterocycles. The minimum absolute atomic E-state index is 0.0402. The maximum Gasteiger partial charge on any atom is 0.172 e. The van der Waals surface area contributed by atoms with Crippen molar-refractivity contribution in [3.8, 4) is 0 Å². The van der Waals surface area contributed by atoms with E-state index in [9.17, 15) is 9.59 Å². The fourth-order valence-electron chi connectivity index (χ4n) is 5.19. The maximum absolute atomic E-state index is 13.2. The van der Waals surface area contributed by atoms with Gasteiger partial charge in [0.05, 0.1) is 5.41 Å². The SMILES string of the molecule is CC12OC1C(=O)[C@]1(C)[C@@H](C2=O)[C@]1(c1ccccc1)c1ccc(Cl)cc1. The van der Waals surface area contributed by atoms with Gasteiger partial charge in [-0.15, -0.1) is 0 Å². The first kappa shape index (κ1) is 15.3. The summed E-state index contributed by atoms with van der Waals surface area (Å²) in [6.45, 7) is 3.66. The second-order valence-corrected chi connectivity index (χ2v) is 8.09. The Morgan fingerprint density at radius 1 is 0.880 bits per heavy atom. The molecule has 2 saturated carbocycles. The first-order valence-electron chi connectivity index (χ1n) is 8.46. The number of halogens is 1. The maximum atomic E-state index is 13.2. The Balaban J connectivity index is 1.78. The number of carbonyl (C=O) groups is 2. The molecule has 5 rings (SSSR count). The van der Waals surface area contributed by atoms with E-state index in [1.165, 1.54) is 0 Å². The monoisotopic (exact) mass is 352 g/mol. The largest absolute Gasteiger partial charge is 0.350 e. The molecule has 2 unspecified atom stereocenters. The molecule has 4 heteroatoms. The van der Waals surface area contributed by atoms with Crippen LogP contribution in [0.15, 0.2) is 54.6 Å². The van der Waals surface area contributed by atoms with Gasteiger partial charge in [0.1, 0.15) is 0 Å². The topological polar surface area (TPSA) is 46.7 Å². The zero-order chi connectivity index (χ0) is 17.6. The number of hydrogen-bond donors (Lipinski definition) is 0. The van der Waals surface area contributed by atoms with Gasteiger partial charge in [0.25, 0.3) is 0 Å². The zero-order valence-corrected chi connectivity index (χ0v) is 14.7. The second kappa shape index (κ2) is 4.40. The molecule has 2 aliphatic carbocycles. The van der Waals surface area contributed by atoms with Crippen molar-refractivity contribution >= 4 is 23.2 Å². The Morgan fingerprint density at radius 2 is 1.48 bits per heavy atom.